The summed E-state index contributed by atoms with van der Waals surface area (Å²) in [7, 11) is 0. The quantitative estimate of drug-likeness (QED) is 0.719. The van der Waals surface area contributed by atoms with Crippen molar-refractivity contribution in [2.45, 2.75) is 50.4 Å². The van der Waals surface area contributed by atoms with Gasteiger partial charge < -0.3 is 0 Å². The summed E-state index contributed by atoms with van der Waals surface area (Å²) in [4.78, 5) is 2.30. The zero-order valence-corrected chi connectivity index (χ0v) is 12.0. The van der Waals surface area contributed by atoms with Crippen LogP contribution in [0.3, 0.4) is 0 Å². The van der Waals surface area contributed by atoms with E-state index in [1.807, 2.05) is 0 Å². The van der Waals surface area contributed by atoms with Crippen molar-refractivity contribution in [2.75, 3.05) is 6.54 Å². The van der Waals surface area contributed by atoms with Crippen LogP contribution in [0, 0.1) is 0 Å². The molecule has 0 aromatic heterocycles. The number of hydrogen-bond acceptors (Lipinski definition) is 1. The SMILES string of the molecule is Cl.FC(F)(F)c1ccccc1[C@H]1CC[C@H]2CCCCN21. The van der Waals surface area contributed by atoms with Crippen molar-refractivity contribution in [3.63, 3.8) is 0 Å². The van der Waals surface area contributed by atoms with Gasteiger partial charge in [0.1, 0.15) is 0 Å². The maximum absolute atomic E-state index is 13.1. The molecule has 112 valence electrons. The molecule has 0 unspecified atom stereocenters. The topological polar surface area (TPSA) is 3.24 Å². The lowest BCUT2D eigenvalue weighted by atomic mass is 9.97. The van der Waals surface area contributed by atoms with Crippen LogP contribution in [0.15, 0.2) is 24.3 Å². The maximum atomic E-state index is 13.1. The first-order chi connectivity index (χ1) is 9.07. The van der Waals surface area contributed by atoms with Crippen LogP contribution in [-0.2, 0) is 6.18 Å². The summed E-state index contributed by atoms with van der Waals surface area (Å²) < 4.78 is 39.3. The van der Waals surface area contributed by atoms with Gasteiger partial charge in [-0.25, -0.2) is 0 Å². The van der Waals surface area contributed by atoms with Crippen molar-refractivity contribution < 1.29 is 13.2 Å². The molecule has 3 rings (SSSR count). The summed E-state index contributed by atoms with van der Waals surface area (Å²) in [6, 6.07) is 6.54. The lowest BCUT2D eigenvalue weighted by Crippen LogP contribution is -2.36. The zero-order valence-electron chi connectivity index (χ0n) is 11.2. The third-order valence-corrected chi connectivity index (χ3v) is 4.47. The number of halogens is 4. The summed E-state index contributed by atoms with van der Waals surface area (Å²) in [5.41, 5.74) is 0.0191. The Morgan fingerprint density at radius 3 is 2.50 bits per heavy atom. The molecule has 0 N–H and O–H groups in total. The fourth-order valence-corrected chi connectivity index (χ4v) is 3.64. The minimum Gasteiger partial charge on any atom is -0.293 e. The highest BCUT2D eigenvalue weighted by Crippen LogP contribution is 2.44. The molecule has 2 fully saturated rings. The van der Waals surface area contributed by atoms with Crippen LogP contribution in [0.2, 0.25) is 0 Å². The number of fused-ring (bicyclic) bond motifs is 1. The van der Waals surface area contributed by atoms with E-state index < -0.39 is 11.7 Å². The molecular weight excluding hydrogens is 287 g/mol. The van der Waals surface area contributed by atoms with Gasteiger partial charge in [-0.1, -0.05) is 24.6 Å². The Kier molecular flexibility index (Phi) is 4.65. The van der Waals surface area contributed by atoms with Gasteiger partial charge in [0.2, 0.25) is 0 Å². The average Bonchev–Trinajstić information content (AvgIpc) is 2.81. The van der Waals surface area contributed by atoms with Crippen LogP contribution in [0.25, 0.3) is 0 Å². The van der Waals surface area contributed by atoms with Crippen molar-refractivity contribution in [2.24, 2.45) is 0 Å². The van der Waals surface area contributed by atoms with Gasteiger partial charge in [-0.2, -0.15) is 13.2 Å². The molecule has 2 aliphatic rings. The summed E-state index contributed by atoms with van der Waals surface area (Å²) >= 11 is 0. The third kappa shape index (κ3) is 2.82. The Morgan fingerprint density at radius 2 is 1.75 bits per heavy atom. The first kappa shape index (κ1) is 15.6. The van der Waals surface area contributed by atoms with Gasteiger partial charge in [0, 0.05) is 12.1 Å². The fourth-order valence-electron chi connectivity index (χ4n) is 3.64. The third-order valence-electron chi connectivity index (χ3n) is 4.47. The second kappa shape index (κ2) is 5.94. The van der Waals surface area contributed by atoms with E-state index in [0.717, 1.165) is 32.2 Å². The van der Waals surface area contributed by atoms with Crippen LogP contribution in [-0.4, -0.2) is 17.5 Å². The van der Waals surface area contributed by atoms with Crippen LogP contribution in [0.5, 0.6) is 0 Å². The highest BCUT2D eigenvalue weighted by atomic mass is 35.5. The lowest BCUT2D eigenvalue weighted by Gasteiger charge is -2.35. The Balaban J connectivity index is 0.00000147. The van der Waals surface area contributed by atoms with Crippen LogP contribution in [0.1, 0.15) is 49.3 Å². The van der Waals surface area contributed by atoms with E-state index in [-0.39, 0.29) is 18.4 Å². The number of piperidine rings is 1. The van der Waals surface area contributed by atoms with E-state index in [1.165, 1.54) is 18.6 Å². The van der Waals surface area contributed by atoms with Crippen molar-refractivity contribution in [1.29, 1.82) is 0 Å². The number of hydrogen-bond donors (Lipinski definition) is 0. The molecule has 0 bridgehead atoms. The minimum atomic E-state index is -4.25. The van der Waals surface area contributed by atoms with Gasteiger partial charge in [0.05, 0.1) is 5.56 Å². The van der Waals surface area contributed by atoms with Crippen LogP contribution in [0.4, 0.5) is 13.2 Å². The Bertz CT molecular complexity index is 461. The van der Waals surface area contributed by atoms with Gasteiger partial charge >= 0.3 is 6.18 Å². The average molecular weight is 306 g/mol. The van der Waals surface area contributed by atoms with Crippen LogP contribution >= 0.6 is 12.4 Å². The van der Waals surface area contributed by atoms with E-state index in [2.05, 4.69) is 4.90 Å². The number of benzene rings is 1. The molecule has 0 aliphatic carbocycles. The van der Waals surface area contributed by atoms with Crippen LogP contribution < -0.4 is 0 Å². The van der Waals surface area contributed by atoms with Crippen molar-refractivity contribution in [3.05, 3.63) is 35.4 Å². The maximum Gasteiger partial charge on any atom is 0.416 e. The second-order valence-electron chi connectivity index (χ2n) is 5.57. The summed E-state index contributed by atoms with van der Waals surface area (Å²) in [5.74, 6) is 0. The van der Waals surface area contributed by atoms with E-state index in [0.29, 0.717) is 11.6 Å². The lowest BCUT2D eigenvalue weighted by molar-refractivity contribution is -0.138. The molecule has 0 amide bonds. The minimum absolute atomic E-state index is 0. The Labute approximate surface area is 123 Å². The normalized spacial score (nSPS) is 26.9. The summed E-state index contributed by atoms with van der Waals surface area (Å²) in [6.45, 7) is 0.946. The number of alkyl halides is 3. The molecule has 2 aliphatic heterocycles. The van der Waals surface area contributed by atoms with Gasteiger partial charge in [-0.15, -0.1) is 12.4 Å². The predicted molar refractivity (Wildman–Crippen MR) is 75.0 cm³/mol. The molecule has 1 aromatic rings. The van der Waals surface area contributed by atoms with Gasteiger partial charge in [0.25, 0.3) is 0 Å². The van der Waals surface area contributed by atoms with E-state index in [9.17, 15) is 13.2 Å². The molecular formula is C15H19ClF3N. The molecule has 2 saturated heterocycles. The van der Waals surface area contributed by atoms with E-state index >= 15 is 0 Å². The molecule has 2 heterocycles. The zero-order chi connectivity index (χ0) is 13.5. The van der Waals surface area contributed by atoms with Crippen molar-refractivity contribution in [1.82, 2.24) is 4.90 Å². The van der Waals surface area contributed by atoms with Gasteiger partial charge in [-0.3, -0.25) is 4.90 Å². The molecule has 1 aromatic carbocycles. The van der Waals surface area contributed by atoms with Gasteiger partial charge in [0.15, 0.2) is 0 Å². The highest BCUT2D eigenvalue weighted by molar-refractivity contribution is 5.85. The summed E-state index contributed by atoms with van der Waals surface area (Å²) in [6.07, 6.45) is 1.12. The molecule has 1 nitrogen and oxygen atoms in total. The predicted octanol–water partition coefficient (Wildman–Crippen LogP) is 4.82. The smallest absolute Gasteiger partial charge is 0.293 e. The molecule has 0 spiro atoms. The number of rotatable bonds is 1. The fraction of sp³-hybridized carbons (Fsp3) is 0.600. The second-order valence-corrected chi connectivity index (χ2v) is 5.57. The Hall–Kier alpha value is -0.740. The Morgan fingerprint density at radius 1 is 1.00 bits per heavy atom. The van der Waals surface area contributed by atoms with Gasteiger partial charge in [-0.05, 0) is 43.9 Å². The monoisotopic (exact) mass is 305 g/mol. The van der Waals surface area contributed by atoms with E-state index in [4.69, 9.17) is 0 Å². The molecule has 2 atom stereocenters. The first-order valence-electron chi connectivity index (χ1n) is 6.99. The highest BCUT2D eigenvalue weighted by Gasteiger charge is 2.40. The van der Waals surface area contributed by atoms with Crippen molar-refractivity contribution >= 4 is 12.4 Å². The molecule has 0 radical (unpaired) electrons. The van der Waals surface area contributed by atoms with E-state index in [1.54, 1.807) is 12.1 Å². The molecule has 20 heavy (non-hydrogen) atoms. The largest absolute Gasteiger partial charge is 0.416 e. The molecule has 0 saturated carbocycles. The number of nitrogens with zero attached hydrogens (tertiary/aromatic N) is 1. The van der Waals surface area contributed by atoms with Crippen molar-refractivity contribution in [3.8, 4) is 0 Å². The molecule has 5 heteroatoms. The first-order valence-corrected chi connectivity index (χ1v) is 6.99. The summed E-state index contributed by atoms with van der Waals surface area (Å²) in [5, 5.41) is 0. The standard InChI is InChI=1S/C15H18F3N.ClH/c16-15(17,18)13-7-2-1-6-12(13)14-9-8-11-5-3-4-10-19(11)14;/h1-2,6-7,11,14H,3-5,8-10H2;1H/t11-,14-;/m1./s1.